The highest BCUT2D eigenvalue weighted by Crippen LogP contribution is 2.17. The normalized spacial score (nSPS) is 19.4. The van der Waals surface area contributed by atoms with E-state index in [9.17, 15) is 4.79 Å². The molecule has 0 amide bonds. The van der Waals surface area contributed by atoms with E-state index in [-0.39, 0.29) is 0 Å². The van der Waals surface area contributed by atoms with Gasteiger partial charge in [-0.25, -0.2) is 0 Å². The number of aliphatic carboxylic acids is 1. The van der Waals surface area contributed by atoms with Crippen molar-refractivity contribution in [1.29, 1.82) is 0 Å². The first-order valence-electron chi connectivity index (χ1n) is 7.99. The fraction of sp³-hybridized carbons (Fsp3) is 0.929. The van der Waals surface area contributed by atoms with Gasteiger partial charge in [-0.05, 0) is 32.1 Å². The van der Waals surface area contributed by atoms with Gasteiger partial charge in [-0.1, -0.05) is 19.8 Å². The average molecular weight is 318 g/mol. The Bertz CT molecular complexity index is 294. The molecule has 0 aromatic heterocycles. The summed E-state index contributed by atoms with van der Waals surface area (Å²) in [6.07, 6.45) is 5.24. The van der Waals surface area contributed by atoms with E-state index < -0.39 is 19.1 Å². The zero-order valence-electron chi connectivity index (χ0n) is 13.8. The third-order valence-electron chi connectivity index (χ3n) is 3.72. The van der Waals surface area contributed by atoms with E-state index in [0.29, 0.717) is 18.8 Å². The molecule has 0 aromatic rings. The average Bonchev–Trinajstić information content (AvgIpc) is 2.90. The Morgan fingerprint density at radius 3 is 2.64 bits per heavy atom. The summed E-state index contributed by atoms with van der Waals surface area (Å²) in [6, 6.07) is -0.301. The standard InChI is InChI=1S/C10H20N2O3.C4H11BO2/c1-15-7-8-3-2-5-12(8)6-4-9(11)10(13)14;1-2-3-4-5(6)7/h8-9H,2-7,11H2,1H3,(H,13,14);6-7H,2-4H2,1H3. The Hall–Kier alpha value is -0.665. The van der Waals surface area contributed by atoms with E-state index in [1.54, 1.807) is 7.11 Å². The van der Waals surface area contributed by atoms with E-state index in [0.717, 1.165) is 45.4 Å². The van der Waals surface area contributed by atoms with Gasteiger partial charge in [-0.2, -0.15) is 0 Å². The molecule has 0 spiro atoms. The SMILES string of the molecule is CCCCB(O)O.COCC1CCCN1CCC(N)C(=O)O. The lowest BCUT2D eigenvalue weighted by molar-refractivity contribution is -0.138. The molecular formula is C14H31BN2O5. The minimum Gasteiger partial charge on any atom is -0.480 e. The fourth-order valence-corrected chi connectivity index (χ4v) is 2.39. The first-order chi connectivity index (χ1) is 10.4. The van der Waals surface area contributed by atoms with Crippen LogP contribution in [0.1, 0.15) is 39.0 Å². The molecule has 1 saturated heterocycles. The van der Waals surface area contributed by atoms with Crippen LogP contribution in [0.4, 0.5) is 0 Å². The van der Waals surface area contributed by atoms with Crippen molar-refractivity contribution in [2.75, 3.05) is 26.8 Å². The van der Waals surface area contributed by atoms with Crippen LogP contribution in [-0.4, -0.2) is 72.0 Å². The van der Waals surface area contributed by atoms with Crippen LogP contribution in [0.15, 0.2) is 0 Å². The van der Waals surface area contributed by atoms with Crippen molar-refractivity contribution >= 4 is 13.1 Å². The maximum atomic E-state index is 10.5. The molecule has 1 fully saturated rings. The number of hydrogen-bond acceptors (Lipinski definition) is 6. The Morgan fingerprint density at radius 2 is 2.18 bits per heavy atom. The second-order valence-corrected chi connectivity index (χ2v) is 5.64. The number of rotatable bonds is 9. The number of unbranched alkanes of at least 4 members (excludes halogenated alkanes) is 1. The van der Waals surface area contributed by atoms with Crippen LogP contribution in [0.5, 0.6) is 0 Å². The predicted molar refractivity (Wildman–Crippen MR) is 86.6 cm³/mol. The van der Waals surface area contributed by atoms with Crippen LogP contribution in [0.25, 0.3) is 0 Å². The van der Waals surface area contributed by atoms with Gasteiger partial charge in [0.1, 0.15) is 6.04 Å². The monoisotopic (exact) mass is 318 g/mol. The van der Waals surface area contributed by atoms with E-state index >= 15 is 0 Å². The first kappa shape index (κ1) is 21.3. The van der Waals surface area contributed by atoms with Crippen molar-refractivity contribution in [3.63, 3.8) is 0 Å². The number of hydrogen-bond donors (Lipinski definition) is 4. The Labute approximate surface area is 133 Å². The zero-order chi connectivity index (χ0) is 17.0. The molecule has 130 valence electrons. The third-order valence-corrected chi connectivity index (χ3v) is 3.72. The highest BCUT2D eigenvalue weighted by molar-refractivity contribution is 6.40. The summed E-state index contributed by atoms with van der Waals surface area (Å²) in [6.45, 7) is 4.52. The molecule has 1 aliphatic rings. The van der Waals surface area contributed by atoms with Gasteiger partial charge in [0.15, 0.2) is 0 Å². The maximum absolute atomic E-state index is 10.5. The lowest BCUT2D eigenvalue weighted by Gasteiger charge is -2.24. The van der Waals surface area contributed by atoms with Gasteiger partial charge in [-0.3, -0.25) is 9.69 Å². The minimum atomic E-state index is -1.10. The summed E-state index contributed by atoms with van der Waals surface area (Å²) >= 11 is 0. The molecule has 1 aliphatic heterocycles. The molecule has 7 nitrogen and oxygen atoms in total. The van der Waals surface area contributed by atoms with Crippen LogP contribution in [-0.2, 0) is 9.53 Å². The molecule has 2 unspecified atom stereocenters. The van der Waals surface area contributed by atoms with E-state index in [1.807, 2.05) is 6.92 Å². The molecule has 22 heavy (non-hydrogen) atoms. The van der Waals surface area contributed by atoms with Crippen LogP contribution < -0.4 is 5.73 Å². The Kier molecular flexibility index (Phi) is 12.4. The van der Waals surface area contributed by atoms with Crippen molar-refractivity contribution in [3.05, 3.63) is 0 Å². The van der Waals surface area contributed by atoms with Crippen LogP contribution >= 0.6 is 0 Å². The number of likely N-dealkylation sites (tertiary alicyclic amines) is 1. The third kappa shape index (κ3) is 10.1. The number of carbonyl (C=O) groups is 1. The molecule has 5 N–H and O–H groups in total. The highest BCUT2D eigenvalue weighted by Gasteiger charge is 2.25. The molecule has 8 heteroatoms. The van der Waals surface area contributed by atoms with Gasteiger partial charge in [0, 0.05) is 19.7 Å². The molecule has 0 aromatic carbocycles. The molecule has 0 aliphatic carbocycles. The molecular weight excluding hydrogens is 287 g/mol. The van der Waals surface area contributed by atoms with E-state index in [2.05, 4.69) is 4.90 Å². The molecule has 0 saturated carbocycles. The van der Waals surface area contributed by atoms with Gasteiger partial charge >= 0.3 is 13.1 Å². The van der Waals surface area contributed by atoms with E-state index in [1.165, 1.54) is 0 Å². The van der Waals surface area contributed by atoms with Crippen molar-refractivity contribution in [2.24, 2.45) is 5.73 Å². The Balaban J connectivity index is 0.000000534. The van der Waals surface area contributed by atoms with Crippen molar-refractivity contribution in [2.45, 2.75) is 57.4 Å². The molecule has 1 rings (SSSR count). The van der Waals surface area contributed by atoms with Gasteiger partial charge in [0.05, 0.1) is 6.61 Å². The van der Waals surface area contributed by atoms with Crippen LogP contribution in [0, 0.1) is 0 Å². The second kappa shape index (κ2) is 12.8. The van der Waals surface area contributed by atoms with Crippen LogP contribution in [0.2, 0.25) is 6.32 Å². The minimum absolute atomic E-state index is 0.441. The van der Waals surface area contributed by atoms with Crippen molar-refractivity contribution < 1.29 is 24.7 Å². The quantitative estimate of drug-likeness (QED) is 0.447. The Morgan fingerprint density at radius 1 is 1.50 bits per heavy atom. The number of carboxylic acids is 1. The summed E-state index contributed by atoms with van der Waals surface area (Å²) < 4.78 is 5.12. The molecule has 2 atom stereocenters. The van der Waals surface area contributed by atoms with Crippen molar-refractivity contribution in [3.8, 4) is 0 Å². The number of ether oxygens (including phenoxy) is 1. The molecule has 1 heterocycles. The number of methoxy groups -OCH3 is 1. The fourth-order valence-electron chi connectivity index (χ4n) is 2.39. The predicted octanol–water partition coefficient (Wildman–Crippen LogP) is 0.159. The summed E-state index contributed by atoms with van der Waals surface area (Å²) in [7, 11) is 0.597. The summed E-state index contributed by atoms with van der Waals surface area (Å²) in [4.78, 5) is 12.8. The lowest BCUT2D eigenvalue weighted by Crippen LogP contribution is -2.38. The van der Waals surface area contributed by atoms with Crippen LogP contribution in [0.3, 0.4) is 0 Å². The summed E-state index contributed by atoms with van der Waals surface area (Å²) in [5, 5.41) is 25.1. The highest BCUT2D eigenvalue weighted by atomic mass is 16.5. The smallest absolute Gasteiger partial charge is 0.451 e. The van der Waals surface area contributed by atoms with Gasteiger partial charge < -0.3 is 25.6 Å². The molecule has 0 bridgehead atoms. The number of nitrogens with zero attached hydrogens (tertiary/aromatic N) is 1. The molecule has 0 radical (unpaired) electrons. The van der Waals surface area contributed by atoms with Gasteiger partial charge in [-0.15, -0.1) is 0 Å². The summed E-state index contributed by atoms with van der Waals surface area (Å²) in [5.74, 6) is -0.919. The maximum Gasteiger partial charge on any atom is 0.451 e. The summed E-state index contributed by atoms with van der Waals surface area (Å²) in [5.41, 5.74) is 5.46. The largest absolute Gasteiger partial charge is 0.480 e. The topological polar surface area (TPSA) is 116 Å². The number of nitrogens with two attached hydrogens (primary N) is 1. The van der Waals surface area contributed by atoms with E-state index in [4.69, 9.17) is 25.6 Å². The second-order valence-electron chi connectivity index (χ2n) is 5.64. The van der Waals surface area contributed by atoms with Gasteiger partial charge in [0.2, 0.25) is 0 Å². The lowest BCUT2D eigenvalue weighted by atomic mass is 9.84. The number of carboxylic acid groups (broad SMARTS) is 1. The first-order valence-corrected chi connectivity index (χ1v) is 7.99. The van der Waals surface area contributed by atoms with Gasteiger partial charge in [0.25, 0.3) is 0 Å². The zero-order valence-corrected chi connectivity index (χ0v) is 13.8. The van der Waals surface area contributed by atoms with Crippen molar-refractivity contribution in [1.82, 2.24) is 4.90 Å².